The summed E-state index contributed by atoms with van der Waals surface area (Å²) < 4.78 is 5.52. The molecule has 0 radical (unpaired) electrons. The molecule has 0 spiro atoms. The zero-order chi connectivity index (χ0) is 19.1. The molecule has 3 aromatic rings. The van der Waals surface area contributed by atoms with Crippen LogP contribution in [0.5, 0.6) is 5.75 Å². The first-order valence-electron chi connectivity index (χ1n) is 8.57. The molecule has 0 unspecified atom stereocenters. The minimum Gasteiger partial charge on any atom is -0.493 e. The average molecular weight is 382 g/mol. The molecule has 5 nitrogen and oxygen atoms in total. The number of amides is 1. The van der Waals surface area contributed by atoms with Crippen molar-refractivity contribution in [1.82, 2.24) is 4.98 Å². The van der Waals surface area contributed by atoms with Crippen molar-refractivity contribution in [3.8, 4) is 5.75 Å². The Bertz CT molecular complexity index is 899. The number of hydrogen-bond donors (Lipinski definition) is 2. The maximum absolute atomic E-state index is 12.0. The first-order valence-corrected chi connectivity index (χ1v) is 8.95. The predicted octanol–water partition coefficient (Wildman–Crippen LogP) is 5.19. The van der Waals surface area contributed by atoms with Crippen LogP contribution in [-0.4, -0.2) is 17.5 Å². The third-order valence-corrected chi connectivity index (χ3v) is 4.24. The molecule has 0 saturated heterocycles. The van der Waals surface area contributed by atoms with E-state index in [1.54, 1.807) is 18.3 Å². The zero-order valence-electron chi connectivity index (χ0n) is 14.9. The Morgan fingerprint density at radius 1 is 1.07 bits per heavy atom. The Hall–Kier alpha value is -3.05. The van der Waals surface area contributed by atoms with E-state index in [-0.39, 0.29) is 12.3 Å². The van der Waals surface area contributed by atoms with Crippen LogP contribution in [0.25, 0.3) is 0 Å². The third-order valence-electron chi connectivity index (χ3n) is 3.83. The lowest BCUT2D eigenvalue weighted by Gasteiger charge is -2.09. The molecule has 0 saturated carbocycles. The molecule has 0 aliphatic rings. The van der Waals surface area contributed by atoms with Gasteiger partial charge in [0.2, 0.25) is 5.91 Å². The van der Waals surface area contributed by atoms with Gasteiger partial charge in [-0.15, -0.1) is 0 Å². The maximum Gasteiger partial charge on any atom is 0.227 e. The standard InChI is InChI=1S/C21H20ClN3O2/c1-15-7-8-16(13-19(15)22)24-20-10-9-17(14-23-20)25-21(26)11-12-27-18-5-3-2-4-6-18/h2-10,13-14H,11-12H2,1H3,(H,23,24)(H,25,26). The van der Waals surface area contributed by atoms with Crippen molar-refractivity contribution in [2.75, 3.05) is 17.2 Å². The number of benzene rings is 2. The van der Waals surface area contributed by atoms with Gasteiger partial charge in [-0.3, -0.25) is 4.79 Å². The first kappa shape index (κ1) is 18.7. The van der Waals surface area contributed by atoms with Gasteiger partial charge in [0.1, 0.15) is 11.6 Å². The number of carbonyl (C=O) groups is 1. The summed E-state index contributed by atoms with van der Waals surface area (Å²) in [6.07, 6.45) is 1.87. The summed E-state index contributed by atoms with van der Waals surface area (Å²) in [5, 5.41) is 6.68. The van der Waals surface area contributed by atoms with Crippen molar-refractivity contribution < 1.29 is 9.53 Å². The van der Waals surface area contributed by atoms with E-state index in [4.69, 9.17) is 16.3 Å². The lowest BCUT2D eigenvalue weighted by atomic mass is 10.2. The quantitative estimate of drug-likeness (QED) is 0.590. The largest absolute Gasteiger partial charge is 0.493 e. The number of nitrogens with zero attached hydrogens (tertiary/aromatic N) is 1. The Kier molecular flexibility index (Phi) is 6.28. The average Bonchev–Trinajstić information content (AvgIpc) is 2.67. The second kappa shape index (κ2) is 9.05. The molecule has 1 amide bonds. The van der Waals surface area contributed by atoms with Crippen LogP contribution in [0, 0.1) is 6.92 Å². The SMILES string of the molecule is Cc1ccc(Nc2ccc(NC(=O)CCOc3ccccc3)cn2)cc1Cl. The number of aromatic nitrogens is 1. The predicted molar refractivity (Wildman–Crippen MR) is 109 cm³/mol. The summed E-state index contributed by atoms with van der Waals surface area (Å²) in [4.78, 5) is 16.3. The third kappa shape index (κ3) is 5.72. The molecular formula is C21H20ClN3O2. The summed E-state index contributed by atoms with van der Waals surface area (Å²) >= 11 is 6.13. The van der Waals surface area contributed by atoms with Gasteiger partial charge in [0.25, 0.3) is 0 Å². The molecule has 0 aliphatic heterocycles. The van der Waals surface area contributed by atoms with E-state index in [1.807, 2.05) is 55.5 Å². The van der Waals surface area contributed by atoms with Gasteiger partial charge in [0.05, 0.1) is 24.9 Å². The number of pyridine rings is 1. The number of rotatable bonds is 7. The highest BCUT2D eigenvalue weighted by atomic mass is 35.5. The van der Waals surface area contributed by atoms with Crippen LogP contribution < -0.4 is 15.4 Å². The van der Waals surface area contributed by atoms with Crippen LogP contribution >= 0.6 is 11.6 Å². The molecule has 1 heterocycles. The lowest BCUT2D eigenvalue weighted by Crippen LogP contribution is -2.15. The van der Waals surface area contributed by atoms with E-state index in [0.717, 1.165) is 17.0 Å². The molecule has 0 atom stereocenters. The van der Waals surface area contributed by atoms with Gasteiger partial charge in [-0.1, -0.05) is 35.9 Å². The number of para-hydroxylation sites is 1. The summed E-state index contributed by atoms with van der Waals surface area (Å²) in [7, 11) is 0. The summed E-state index contributed by atoms with van der Waals surface area (Å²) in [6.45, 7) is 2.27. The van der Waals surface area contributed by atoms with Crippen LogP contribution in [0.2, 0.25) is 5.02 Å². The lowest BCUT2D eigenvalue weighted by molar-refractivity contribution is -0.116. The highest BCUT2D eigenvalue weighted by molar-refractivity contribution is 6.31. The number of carbonyl (C=O) groups excluding carboxylic acids is 1. The topological polar surface area (TPSA) is 63.2 Å². The van der Waals surface area contributed by atoms with Crippen LogP contribution in [0.15, 0.2) is 66.9 Å². The number of hydrogen-bond acceptors (Lipinski definition) is 4. The summed E-state index contributed by atoms with van der Waals surface area (Å²) in [5.41, 5.74) is 2.50. The monoisotopic (exact) mass is 381 g/mol. The number of aryl methyl sites for hydroxylation is 1. The summed E-state index contributed by atoms with van der Waals surface area (Å²) in [6, 6.07) is 18.7. The molecule has 0 fully saturated rings. The number of nitrogens with one attached hydrogen (secondary N) is 2. The Morgan fingerprint density at radius 2 is 1.85 bits per heavy atom. The van der Waals surface area contributed by atoms with E-state index in [0.29, 0.717) is 23.1 Å². The van der Waals surface area contributed by atoms with E-state index in [1.165, 1.54) is 0 Å². The van der Waals surface area contributed by atoms with E-state index >= 15 is 0 Å². The van der Waals surface area contributed by atoms with Gasteiger partial charge < -0.3 is 15.4 Å². The van der Waals surface area contributed by atoms with E-state index < -0.39 is 0 Å². The molecule has 138 valence electrons. The zero-order valence-corrected chi connectivity index (χ0v) is 15.7. The molecule has 6 heteroatoms. The molecule has 3 rings (SSSR count). The van der Waals surface area contributed by atoms with E-state index in [2.05, 4.69) is 15.6 Å². The summed E-state index contributed by atoms with van der Waals surface area (Å²) in [5.74, 6) is 1.29. The fourth-order valence-corrected chi connectivity index (χ4v) is 2.54. The Morgan fingerprint density at radius 3 is 2.56 bits per heavy atom. The van der Waals surface area contributed by atoms with Gasteiger partial charge in [-0.25, -0.2) is 4.98 Å². The minimum absolute atomic E-state index is 0.126. The van der Waals surface area contributed by atoms with Gasteiger partial charge in [-0.05, 0) is 48.9 Å². The van der Waals surface area contributed by atoms with Gasteiger partial charge in [-0.2, -0.15) is 0 Å². The molecule has 0 aliphatic carbocycles. The molecule has 27 heavy (non-hydrogen) atoms. The van der Waals surface area contributed by atoms with Gasteiger partial charge in [0.15, 0.2) is 0 Å². The van der Waals surface area contributed by atoms with Crippen LogP contribution in [0.4, 0.5) is 17.2 Å². The highest BCUT2D eigenvalue weighted by Crippen LogP contribution is 2.22. The number of anilines is 3. The first-order chi connectivity index (χ1) is 13.1. The fraction of sp³-hybridized carbons (Fsp3) is 0.143. The normalized spacial score (nSPS) is 10.3. The van der Waals surface area contributed by atoms with Crippen molar-refractivity contribution in [2.45, 2.75) is 13.3 Å². The second-order valence-corrected chi connectivity index (χ2v) is 6.39. The highest BCUT2D eigenvalue weighted by Gasteiger charge is 2.05. The van der Waals surface area contributed by atoms with Gasteiger partial charge in [0, 0.05) is 10.7 Å². The Labute approximate surface area is 163 Å². The molecule has 2 N–H and O–H groups in total. The van der Waals surface area contributed by atoms with E-state index in [9.17, 15) is 4.79 Å². The van der Waals surface area contributed by atoms with Crippen molar-refractivity contribution in [3.05, 3.63) is 77.4 Å². The van der Waals surface area contributed by atoms with Crippen molar-refractivity contribution in [1.29, 1.82) is 0 Å². The second-order valence-electron chi connectivity index (χ2n) is 5.98. The fourth-order valence-electron chi connectivity index (χ4n) is 2.36. The molecular weight excluding hydrogens is 362 g/mol. The maximum atomic E-state index is 12.0. The Balaban J connectivity index is 1.48. The number of ether oxygens (including phenoxy) is 1. The van der Waals surface area contributed by atoms with Crippen molar-refractivity contribution in [3.63, 3.8) is 0 Å². The molecule has 2 aromatic carbocycles. The smallest absolute Gasteiger partial charge is 0.227 e. The van der Waals surface area contributed by atoms with Crippen LogP contribution in [0.3, 0.4) is 0 Å². The van der Waals surface area contributed by atoms with Crippen molar-refractivity contribution >= 4 is 34.7 Å². The number of halogens is 1. The van der Waals surface area contributed by atoms with Crippen molar-refractivity contribution in [2.24, 2.45) is 0 Å². The minimum atomic E-state index is -0.126. The van der Waals surface area contributed by atoms with Gasteiger partial charge >= 0.3 is 0 Å². The molecule has 1 aromatic heterocycles. The van der Waals surface area contributed by atoms with Crippen LogP contribution in [-0.2, 0) is 4.79 Å². The molecule has 0 bridgehead atoms. The van der Waals surface area contributed by atoms with Crippen LogP contribution in [0.1, 0.15) is 12.0 Å².